The summed E-state index contributed by atoms with van der Waals surface area (Å²) in [6, 6.07) is 8.56. The maximum absolute atomic E-state index is 12.2. The number of sulfonamides is 1. The minimum absolute atomic E-state index is 0.122. The third kappa shape index (κ3) is 3.09. The van der Waals surface area contributed by atoms with Gasteiger partial charge in [-0.2, -0.15) is 9.98 Å². The molecule has 0 saturated carbocycles. The van der Waals surface area contributed by atoms with Crippen molar-refractivity contribution in [2.24, 2.45) is 5.92 Å². The van der Waals surface area contributed by atoms with Gasteiger partial charge in [0.25, 0.3) is 0 Å². The SMILES string of the molecule is Cc1ccc(S(=O)(=O)N[C@](C)(C#N)C(C)C)cc1. The van der Waals surface area contributed by atoms with E-state index in [0.29, 0.717) is 0 Å². The Kier molecular flexibility index (Phi) is 4.15. The molecule has 4 nitrogen and oxygen atoms in total. The minimum Gasteiger partial charge on any atom is -0.207 e. The zero-order valence-electron chi connectivity index (χ0n) is 11.1. The molecule has 0 aliphatic carbocycles. The summed E-state index contributed by atoms with van der Waals surface area (Å²) in [5.74, 6) is -0.122. The van der Waals surface area contributed by atoms with E-state index in [4.69, 9.17) is 5.26 Å². The first-order chi connectivity index (χ1) is 8.21. The molecule has 18 heavy (non-hydrogen) atoms. The molecule has 0 unspecified atom stereocenters. The van der Waals surface area contributed by atoms with Crippen LogP contribution in [-0.4, -0.2) is 14.0 Å². The molecule has 0 heterocycles. The Bertz CT molecular complexity index is 556. The number of hydrogen-bond acceptors (Lipinski definition) is 3. The summed E-state index contributed by atoms with van der Waals surface area (Å²) in [5, 5.41) is 9.13. The van der Waals surface area contributed by atoms with Crippen molar-refractivity contribution in [3.05, 3.63) is 29.8 Å². The van der Waals surface area contributed by atoms with Crippen molar-refractivity contribution in [2.75, 3.05) is 0 Å². The Morgan fingerprint density at radius 3 is 2.17 bits per heavy atom. The standard InChI is InChI=1S/C13H18N2O2S/c1-10(2)13(4,9-14)15-18(16,17)12-7-5-11(3)6-8-12/h5-8,10,15H,1-4H3/t13-/m1/s1. The van der Waals surface area contributed by atoms with Crippen LogP contribution in [0.4, 0.5) is 0 Å². The second kappa shape index (κ2) is 5.09. The Hall–Kier alpha value is -1.38. The smallest absolute Gasteiger partial charge is 0.207 e. The second-order valence-electron chi connectivity index (χ2n) is 4.89. The number of benzene rings is 1. The van der Waals surface area contributed by atoms with Gasteiger partial charge >= 0.3 is 0 Å². The minimum atomic E-state index is -3.66. The first kappa shape index (κ1) is 14.7. The van der Waals surface area contributed by atoms with Crippen molar-refractivity contribution in [3.63, 3.8) is 0 Å². The van der Waals surface area contributed by atoms with E-state index in [0.717, 1.165) is 5.56 Å². The summed E-state index contributed by atoms with van der Waals surface area (Å²) in [6.45, 7) is 7.09. The molecular weight excluding hydrogens is 248 g/mol. The Morgan fingerprint density at radius 2 is 1.78 bits per heavy atom. The van der Waals surface area contributed by atoms with Crippen molar-refractivity contribution < 1.29 is 8.42 Å². The van der Waals surface area contributed by atoms with Crippen LogP contribution in [0.3, 0.4) is 0 Å². The average molecular weight is 266 g/mol. The number of hydrogen-bond donors (Lipinski definition) is 1. The number of aryl methyl sites for hydroxylation is 1. The lowest BCUT2D eigenvalue weighted by molar-refractivity contribution is 0.389. The molecule has 0 fully saturated rings. The van der Waals surface area contributed by atoms with Gasteiger partial charge in [-0.05, 0) is 31.9 Å². The van der Waals surface area contributed by atoms with Gasteiger partial charge in [0.15, 0.2) is 0 Å². The average Bonchev–Trinajstić information content (AvgIpc) is 2.28. The van der Waals surface area contributed by atoms with Crippen LogP contribution in [0.25, 0.3) is 0 Å². The summed E-state index contributed by atoms with van der Waals surface area (Å²) in [5.41, 5.74) is -0.121. The maximum Gasteiger partial charge on any atom is 0.241 e. The van der Waals surface area contributed by atoms with Crippen molar-refractivity contribution in [1.29, 1.82) is 5.26 Å². The summed E-state index contributed by atoms with van der Waals surface area (Å²) in [7, 11) is -3.66. The van der Waals surface area contributed by atoms with Crippen molar-refractivity contribution in [1.82, 2.24) is 4.72 Å². The molecule has 98 valence electrons. The predicted octanol–water partition coefficient (Wildman–Crippen LogP) is 2.21. The fraction of sp³-hybridized carbons (Fsp3) is 0.462. The summed E-state index contributed by atoms with van der Waals surface area (Å²) in [4.78, 5) is 0.176. The van der Waals surface area contributed by atoms with Crippen LogP contribution in [0.15, 0.2) is 29.2 Å². The monoisotopic (exact) mass is 266 g/mol. The normalized spacial score (nSPS) is 15.1. The van der Waals surface area contributed by atoms with Gasteiger partial charge in [0.05, 0.1) is 11.0 Å². The van der Waals surface area contributed by atoms with Crippen molar-refractivity contribution >= 4 is 10.0 Å². The van der Waals surface area contributed by atoms with Crippen LogP contribution in [0.1, 0.15) is 26.3 Å². The lowest BCUT2D eigenvalue weighted by atomic mass is 9.92. The van der Waals surface area contributed by atoms with E-state index in [1.54, 1.807) is 32.9 Å². The lowest BCUT2D eigenvalue weighted by Crippen LogP contribution is -2.48. The number of rotatable bonds is 4. The Morgan fingerprint density at radius 1 is 1.28 bits per heavy atom. The van der Waals surface area contributed by atoms with Gasteiger partial charge < -0.3 is 0 Å². The second-order valence-corrected chi connectivity index (χ2v) is 6.57. The van der Waals surface area contributed by atoms with Crippen LogP contribution in [0, 0.1) is 24.2 Å². The Labute approximate surface area is 109 Å². The molecule has 0 bridgehead atoms. The topological polar surface area (TPSA) is 70.0 Å². The number of nitriles is 1. The summed E-state index contributed by atoms with van der Waals surface area (Å²) in [6.07, 6.45) is 0. The fourth-order valence-electron chi connectivity index (χ4n) is 1.33. The largest absolute Gasteiger partial charge is 0.241 e. The quantitative estimate of drug-likeness (QED) is 0.908. The predicted molar refractivity (Wildman–Crippen MR) is 70.4 cm³/mol. The molecule has 1 N–H and O–H groups in total. The van der Waals surface area contributed by atoms with Gasteiger partial charge in [-0.25, -0.2) is 8.42 Å². The summed E-state index contributed by atoms with van der Waals surface area (Å²) >= 11 is 0. The van der Waals surface area contributed by atoms with Gasteiger partial charge in [-0.1, -0.05) is 31.5 Å². The van der Waals surface area contributed by atoms with E-state index < -0.39 is 15.6 Å². The highest BCUT2D eigenvalue weighted by Crippen LogP contribution is 2.19. The van der Waals surface area contributed by atoms with E-state index in [2.05, 4.69) is 4.72 Å². The highest BCUT2D eigenvalue weighted by atomic mass is 32.2. The van der Waals surface area contributed by atoms with E-state index in [1.807, 2.05) is 13.0 Å². The van der Waals surface area contributed by atoms with Crippen LogP contribution in [0.2, 0.25) is 0 Å². The molecule has 0 amide bonds. The van der Waals surface area contributed by atoms with E-state index in [1.165, 1.54) is 12.1 Å². The first-order valence-corrected chi connectivity index (χ1v) is 7.21. The highest BCUT2D eigenvalue weighted by molar-refractivity contribution is 7.89. The van der Waals surface area contributed by atoms with E-state index in [-0.39, 0.29) is 10.8 Å². The fourth-order valence-corrected chi connectivity index (χ4v) is 2.78. The molecule has 1 aromatic carbocycles. The molecule has 1 aromatic rings. The molecule has 0 radical (unpaired) electrons. The molecule has 0 aliphatic rings. The van der Waals surface area contributed by atoms with Gasteiger partial charge in [0, 0.05) is 0 Å². The maximum atomic E-state index is 12.2. The molecule has 0 aromatic heterocycles. The lowest BCUT2D eigenvalue weighted by Gasteiger charge is -2.26. The van der Waals surface area contributed by atoms with Gasteiger partial charge in [0.1, 0.15) is 5.54 Å². The van der Waals surface area contributed by atoms with Crippen molar-refractivity contribution in [3.8, 4) is 6.07 Å². The first-order valence-electron chi connectivity index (χ1n) is 5.73. The molecule has 0 spiro atoms. The molecular formula is C13H18N2O2S. The van der Waals surface area contributed by atoms with Gasteiger partial charge in [-0.3, -0.25) is 0 Å². The zero-order valence-corrected chi connectivity index (χ0v) is 11.9. The van der Waals surface area contributed by atoms with Crippen molar-refractivity contribution in [2.45, 2.75) is 38.1 Å². The molecule has 0 aliphatic heterocycles. The van der Waals surface area contributed by atoms with Crippen LogP contribution < -0.4 is 4.72 Å². The molecule has 5 heteroatoms. The van der Waals surface area contributed by atoms with E-state index in [9.17, 15) is 8.42 Å². The Balaban J connectivity index is 3.10. The summed E-state index contributed by atoms with van der Waals surface area (Å²) < 4.78 is 26.8. The van der Waals surface area contributed by atoms with Crippen LogP contribution in [0.5, 0.6) is 0 Å². The third-order valence-electron chi connectivity index (χ3n) is 3.06. The number of nitrogens with one attached hydrogen (secondary N) is 1. The van der Waals surface area contributed by atoms with Gasteiger partial charge in [-0.15, -0.1) is 0 Å². The molecule has 1 atom stereocenters. The highest BCUT2D eigenvalue weighted by Gasteiger charge is 2.33. The van der Waals surface area contributed by atoms with Crippen LogP contribution in [-0.2, 0) is 10.0 Å². The van der Waals surface area contributed by atoms with Gasteiger partial charge in [0.2, 0.25) is 10.0 Å². The molecule has 1 rings (SSSR count). The molecule has 0 saturated heterocycles. The zero-order chi connectivity index (χ0) is 14.0. The third-order valence-corrected chi connectivity index (χ3v) is 4.65. The van der Waals surface area contributed by atoms with Crippen LogP contribution >= 0.6 is 0 Å². The van der Waals surface area contributed by atoms with E-state index >= 15 is 0 Å². The number of nitrogens with zero attached hydrogens (tertiary/aromatic N) is 1.